The zero-order chi connectivity index (χ0) is 12.6. The highest BCUT2D eigenvalue weighted by atomic mass is 16.1. The van der Waals surface area contributed by atoms with E-state index in [0.717, 1.165) is 18.5 Å². The van der Waals surface area contributed by atoms with E-state index in [9.17, 15) is 4.79 Å². The predicted molar refractivity (Wildman–Crippen MR) is 70.1 cm³/mol. The number of aromatic amines is 1. The third-order valence-electron chi connectivity index (χ3n) is 2.71. The lowest BCUT2D eigenvalue weighted by atomic mass is 10.1. The third kappa shape index (κ3) is 4.05. The van der Waals surface area contributed by atoms with E-state index >= 15 is 0 Å². The van der Waals surface area contributed by atoms with Crippen LogP contribution in [0.2, 0.25) is 0 Å². The standard InChI is InChI=1S/C14H17N3O/c18-14(9-13-10-15-11-17-13)16-8-4-7-12-5-2-1-3-6-12/h1-3,5-6,10-11H,4,7-9H2,(H,15,17)(H,16,18). The lowest BCUT2D eigenvalue weighted by Gasteiger charge is -2.04. The van der Waals surface area contributed by atoms with Crippen LogP contribution in [0.15, 0.2) is 42.9 Å². The van der Waals surface area contributed by atoms with Crippen LogP contribution in [0.5, 0.6) is 0 Å². The Kier molecular flexibility index (Phi) is 4.53. The van der Waals surface area contributed by atoms with Crippen molar-refractivity contribution in [2.24, 2.45) is 0 Å². The molecule has 4 heteroatoms. The van der Waals surface area contributed by atoms with Gasteiger partial charge in [0.15, 0.2) is 0 Å². The molecule has 0 unspecified atom stereocenters. The summed E-state index contributed by atoms with van der Waals surface area (Å²) in [5.41, 5.74) is 2.15. The number of nitrogens with one attached hydrogen (secondary N) is 2. The molecular formula is C14H17N3O. The highest BCUT2D eigenvalue weighted by molar-refractivity contribution is 5.77. The number of aromatic nitrogens is 2. The van der Waals surface area contributed by atoms with Crippen LogP contribution in [-0.4, -0.2) is 22.4 Å². The molecule has 1 aromatic carbocycles. The minimum absolute atomic E-state index is 0.0345. The average Bonchev–Trinajstić information content (AvgIpc) is 2.89. The second-order valence-corrected chi connectivity index (χ2v) is 4.19. The predicted octanol–water partition coefficient (Wildman–Crippen LogP) is 1.70. The summed E-state index contributed by atoms with van der Waals surface area (Å²) >= 11 is 0. The molecule has 18 heavy (non-hydrogen) atoms. The number of imidazole rings is 1. The summed E-state index contributed by atoms with van der Waals surface area (Å²) in [6.45, 7) is 0.710. The molecular weight excluding hydrogens is 226 g/mol. The number of aryl methyl sites for hydroxylation is 1. The first kappa shape index (κ1) is 12.4. The number of hydrogen-bond donors (Lipinski definition) is 2. The zero-order valence-electron chi connectivity index (χ0n) is 10.2. The fraction of sp³-hybridized carbons (Fsp3) is 0.286. The van der Waals surface area contributed by atoms with Crippen molar-refractivity contribution in [1.29, 1.82) is 0 Å². The van der Waals surface area contributed by atoms with Gasteiger partial charge in [0.05, 0.1) is 12.7 Å². The number of rotatable bonds is 6. The van der Waals surface area contributed by atoms with E-state index in [1.54, 1.807) is 12.5 Å². The van der Waals surface area contributed by atoms with Gasteiger partial charge in [-0.2, -0.15) is 0 Å². The van der Waals surface area contributed by atoms with Gasteiger partial charge in [-0.25, -0.2) is 4.98 Å². The molecule has 4 nitrogen and oxygen atoms in total. The van der Waals surface area contributed by atoms with Gasteiger partial charge in [0.25, 0.3) is 0 Å². The van der Waals surface area contributed by atoms with E-state index in [1.807, 2.05) is 18.2 Å². The number of amides is 1. The fourth-order valence-corrected chi connectivity index (χ4v) is 1.78. The summed E-state index contributed by atoms with van der Waals surface area (Å²) in [5, 5.41) is 2.90. The minimum atomic E-state index is 0.0345. The molecule has 2 rings (SSSR count). The van der Waals surface area contributed by atoms with Gasteiger partial charge in [-0.1, -0.05) is 30.3 Å². The molecule has 0 radical (unpaired) electrons. The van der Waals surface area contributed by atoms with Crippen molar-refractivity contribution in [3.8, 4) is 0 Å². The Hall–Kier alpha value is -2.10. The van der Waals surface area contributed by atoms with Crippen LogP contribution in [0.1, 0.15) is 17.7 Å². The summed E-state index contributed by atoms with van der Waals surface area (Å²) in [7, 11) is 0. The van der Waals surface area contributed by atoms with Crippen LogP contribution < -0.4 is 5.32 Å². The van der Waals surface area contributed by atoms with Gasteiger partial charge in [0, 0.05) is 18.4 Å². The molecule has 1 amide bonds. The van der Waals surface area contributed by atoms with Gasteiger partial charge in [0.2, 0.25) is 5.91 Å². The number of carbonyl (C=O) groups is 1. The highest BCUT2D eigenvalue weighted by Crippen LogP contribution is 2.01. The van der Waals surface area contributed by atoms with Crippen LogP contribution in [-0.2, 0) is 17.6 Å². The Morgan fingerprint density at radius 3 is 2.83 bits per heavy atom. The molecule has 0 fully saturated rings. The molecule has 0 spiro atoms. The molecule has 0 aliphatic rings. The summed E-state index contributed by atoms with van der Waals surface area (Å²) in [4.78, 5) is 18.4. The number of hydrogen-bond acceptors (Lipinski definition) is 2. The molecule has 0 saturated heterocycles. The third-order valence-corrected chi connectivity index (χ3v) is 2.71. The average molecular weight is 243 g/mol. The van der Waals surface area contributed by atoms with Crippen molar-refractivity contribution in [3.05, 3.63) is 54.1 Å². The Morgan fingerprint density at radius 2 is 2.11 bits per heavy atom. The van der Waals surface area contributed by atoms with Gasteiger partial charge in [-0.05, 0) is 18.4 Å². The summed E-state index contributed by atoms with van der Waals surface area (Å²) in [6.07, 6.45) is 5.57. The minimum Gasteiger partial charge on any atom is -0.356 e. The van der Waals surface area contributed by atoms with Crippen LogP contribution >= 0.6 is 0 Å². The van der Waals surface area contributed by atoms with E-state index in [-0.39, 0.29) is 5.91 Å². The normalized spacial score (nSPS) is 10.2. The quantitative estimate of drug-likeness (QED) is 0.759. The van der Waals surface area contributed by atoms with Crippen LogP contribution in [0, 0.1) is 0 Å². The van der Waals surface area contributed by atoms with Crippen LogP contribution in [0.25, 0.3) is 0 Å². The Balaban J connectivity index is 1.62. The number of H-pyrrole nitrogens is 1. The van der Waals surface area contributed by atoms with Crippen molar-refractivity contribution in [1.82, 2.24) is 15.3 Å². The van der Waals surface area contributed by atoms with Crippen molar-refractivity contribution in [2.75, 3.05) is 6.54 Å². The molecule has 2 N–H and O–H groups in total. The maximum Gasteiger partial charge on any atom is 0.225 e. The molecule has 1 aromatic heterocycles. The maximum absolute atomic E-state index is 11.6. The van der Waals surface area contributed by atoms with Gasteiger partial charge in [-0.15, -0.1) is 0 Å². The lowest BCUT2D eigenvalue weighted by Crippen LogP contribution is -2.26. The van der Waals surface area contributed by atoms with E-state index < -0.39 is 0 Å². The molecule has 94 valence electrons. The molecule has 0 aliphatic carbocycles. The lowest BCUT2D eigenvalue weighted by molar-refractivity contribution is -0.120. The van der Waals surface area contributed by atoms with Gasteiger partial charge >= 0.3 is 0 Å². The Bertz CT molecular complexity index is 465. The maximum atomic E-state index is 11.6. The Morgan fingerprint density at radius 1 is 1.28 bits per heavy atom. The molecule has 0 aliphatic heterocycles. The van der Waals surface area contributed by atoms with E-state index in [1.165, 1.54) is 5.56 Å². The van der Waals surface area contributed by atoms with Gasteiger partial charge in [0.1, 0.15) is 0 Å². The molecule has 0 atom stereocenters. The summed E-state index contributed by atoms with van der Waals surface area (Å²) in [6, 6.07) is 10.3. The number of nitrogens with zero attached hydrogens (tertiary/aromatic N) is 1. The molecule has 2 aromatic rings. The molecule has 0 saturated carbocycles. The summed E-state index contributed by atoms with van der Waals surface area (Å²) < 4.78 is 0. The van der Waals surface area contributed by atoms with E-state index in [2.05, 4.69) is 27.4 Å². The summed E-state index contributed by atoms with van der Waals surface area (Å²) in [5.74, 6) is 0.0345. The second-order valence-electron chi connectivity index (χ2n) is 4.19. The number of benzene rings is 1. The zero-order valence-corrected chi connectivity index (χ0v) is 10.2. The van der Waals surface area contributed by atoms with Crippen molar-refractivity contribution < 1.29 is 4.79 Å². The van der Waals surface area contributed by atoms with E-state index in [4.69, 9.17) is 0 Å². The van der Waals surface area contributed by atoms with Crippen molar-refractivity contribution in [2.45, 2.75) is 19.3 Å². The Labute approximate surface area is 106 Å². The highest BCUT2D eigenvalue weighted by Gasteiger charge is 2.03. The first-order valence-corrected chi connectivity index (χ1v) is 6.12. The first-order chi connectivity index (χ1) is 8.84. The van der Waals surface area contributed by atoms with Crippen molar-refractivity contribution in [3.63, 3.8) is 0 Å². The topological polar surface area (TPSA) is 57.8 Å². The van der Waals surface area contributed by atoms with Crippen LogP contribution in [0.3, 0.4) is 0 Å². The van der Waals surface area contributed by atoms with Gasteiger partial charge in [-0.3, -0.25) is 4.79 Å². The van der Waals surface area contributed by atoms with Gasteiger partial charge < -0.3 is 10.3 Å². The fourth-order valence-electron chi connectivity index (χ4n) is 1.78. The van der Waals surface area contributed by atoms with E-state index in [0.29, 0.717) is 13.0 Å². The smallest absolute Gasteiger partial charge is 0.225 e. The molecule has 1 heterocycles. The largest absolute Gasteiger partial charge is 0.356 e. The molecule has 0 bridgehead atoms. The van der Waals surface area contributed by atoms with Crippen molar-refractivity contribution >= 4 is 5.91 Å². The first-order valence-electron chi connectivity index (χ1n) is 6.12. The number of carbonyl (C=O) groups excluding carboxylic acids is 1. The van der Waals surface area contributed by atoms with Crippen LogP contribution in [0.4, 0.5) is 0 Å². The second kappa shape index (κ2) is 6.59. The SMILES string of the molecule is O=C(Cc1cnc[nH]1)NCCCc1ccccc1. The monoisotopic (exact) mass is 243 g/mol.